The molecule has 30 heavy (non-hydrogen) atoms. The third-order valence-electron chi connectivity index (χ3n) is 5.28. The van der Waals surface area contributed by atoms with Gasteiger partial charge in [-0.05, 0) is 17.7 Å². The van der Waals surface area contributed by atoms with Crippen molar-refractivity contribution in [3.63, 3.8) is 0 Å². The Morgan fingerprint density at radius 1 is 1.17 bits per heavy atom. The zero-order valence-corrected chi connectivity index (χ0v) is 16.5. The van der Waals surface area contributed by atoms with Crippen LogP contribution in [0.2, 0.25) is 0 Å². The van der Waals surface area contributed by atoms with E-state index in [0.717, 1.165) is 5.56 Å². The maximum absolute atomic E-state index is 12.9. The van der Waals surface area contributed by atoms with Gasteiger partial charge in [-0.3, -0.25) is 14.4 Å². The predicted octanol–water partition coefficient (Wildman–Crippen LogP) is 2.19. The summed E-state index contributed by atoms with van der Waals surface area (Å²) in [5.41, 5.74) is 1.46. The van der Waals surface area contributed by atoms with Gasteiger partial charge in [-0.15, -0.1) is 0 Å². The Labute approximate surface area is 173 Å². The average molecular weight is 410 g/mol. The van der Waals surface area contributed by atoms with Crippen LogP contribution in [0.5, 0.6) is 11.5 Å². The van der Waals surface area contributed by atoms with Crippen LogP contribution in [-0.2, 0) is 19.1 Å². The second-order valence-corrected chi connectivity index (χ2v) is 7.20. The highest BCUT2D eigenvalue weighted by Crippen LogP contribution is 2.37. The Bertz CT molecular complexity index is 961. The van der Waals surface area contributed by atoms with Gasteiger partial charge in [0.25, 0.3) is 0 Å². The van der Waals surface area contributed by atoms with E-state index in [1.807, 2.05) is 30.3 Å². The van der Waals surface area contributed by atoms with Crippen molar-refractivity contribution >= 4 is 23.5 Å². The molecule has 1 fully saturated rings. The Morgan fingerprint density at radius 3 is 2.70 bits per heavy atom. The summed E-state index contributed by atoms with van der Waals surface area (Å²) in [6.45, 7) is 0.406. The fraction of sp³-hybridized carbons (Fsp3) is 0.318. The molecule has 156 valence electrons. The van der Waals surface area contributed by atoms with E-state index in [2.05, 4.69) is 5.32 Å². The number of esters is 1. The second kappa shape index (κ2) is 8.44. The van der Waals surface area contributed by atoms with E-state index in [0.29, 0.717) is 17.2 Å². The summed E-state index contributed by atoms with van der Waals surface area (Å²) in [4.78, 5) is 38.9. The molecule has 2 aromatic carbocycles. The van der Waals surface area contributed by atoms with Gasteiger partial charge in [-0.25, -0.2) is 0 Å². The lowest BCUT2D eigenvalue weighted by atomic mass is 10.0. The van der Waals surface area contributed by atoms with Crippen LogP contribution in [0.1, 0.15) is 24.4 Å². The SMILES string of the molecule is COC(=O)C[C@H](NC(=O)[C@@H]1CC(=O)N(c2ccc3c(c2)OCO3)C1)c1ccccc1. The van der Waals surface area contributed by atoms with E-state index in [4.69, 9.17) is 14.2 Å². The van der Waals surface area contributed by atoms with Gasteiger partial charge in [0.2, 0.25) is 18.6 Å². The lowest BCUT2D eigenvalue weighted by Gasteiger charge is -2.21. The van der Waals surface area contributed by atoms with Gasteiger partial charge in [0.05, 0.1) is 25.5 Å². The van der Waals surface area contributed by atoms with Crippen molar-refractivity contribution in [1.29, 1.82) is 0 Å². The molecule has 2 aromatic rings. The monoisotopic (exact) mass is 410 g/mol. The number of carbonyl (C=O) groups is 3. The van der Waals surface area contributed by atoms with E-state index in [9.17, 15) is 14.4 Å². The van der Waals surface area contributed by atoms with Gasteiger partial charge in [0.15, 0.2) is 11.5 Å². The molecular formula is C22H22N2O6. The molecule has 0 spiro atoms. The largest absolute Gasteiger partial charge is 0.469 e. The van der Waals surface area contributed by atoms with Crippen molar-refractivity contribution in [2.45, 2.75) is 18.9 Å². The quantitative estimate of drug-likeness (QED) is 0.734. The maximum atomic E-state index is 12.9. The Balaban J connectivity index is 1.46. The first-order valence-corrected chi connectivity index (χ1v) is 9.67. The highest BCUT2D eigenvalue weighted by molar-refractivity contribution is 6.00. The minimum atomic E-state index is -0.527. The number of amides is 2. The van der Waals surface area contributed by atoms with Crippen LogP contribution in [0.4, 0.5) is 5.69 Å². The molecule has 8 heteroatoms. The molecule has 2 aliphatic rings. The van der Waals surface area contributed by atoms with Crippen LogP contribution in [0.3, 0.4) is 0 Å². The molecule has 2 aliphatic heterocycles. The lowest BCUT2D eigenvalue weighted by Crippen LogP contribution is -2.36. The molecule has 0 bridgehead atoms. The molecular weight excluding hydrogens is 388 g/mol. The van der Waals surface area contributed by atoms with E-state index in [1.54, 1.807) is 23.1 Å². The minimum Gasteiger partial charge on any atom is -0.469 e. The van der Waals surface area contributed by atoms with Crippen molar-refractivity contribution in [1.82, 2.24) is 5.32 Å². The molecule has 8 nitrogen and oxygen atoms in total. The molecule has 0 saturated carbocycles. The molecule has 4 rings (SSSR count). The molecule has 1 N–H and O–H groups in total. The van der Waals surface area contributed by atoms with Gasteiger partial charge < -0.3 is 24.4 Å². The van der Waals surface area contributed by atoms with Gasteiger partial charge in [0.1, 0.15) is 0 Å². The third-order valence-corrected chi connectivity index (χ3v) is 5.28. The Hall–Kier alpha value is -3.55. The number of rotatable bonds is 6. The molecule has 2 amide bonds. The van der Waals surface area contributed by atoms with E-state index in [1.165, 1.54) is 7.11 Å². The number of ether oxygens (including phenoxy) is 3. The van der Waals surface area contributed by atoms with Crippen molar-refractivity contribution in [2.75, 3.05) is 25.3 Å². The highest BCUT2D eigenvalue weighted by Gasteiger charge is 2.36. The number of hydrogen-bond acceptors (Lipinski definition) is 6. The number of anilines is 1. The Kier molecular flexibility index (Phi) is 5.56. The molecule has 0 aliphatic carbocycles. The van der Waals surface area contributed by atoms with Crippen LogP contribution in [0, 0.1) is 5.92 Å². The van der Waals surface area contributed by atoms with Crippen LogP contribution >= 0.6 is 0 Å². The summed E-state index contributed by atoms with van der Waals surface area (Å²) in [6.07, 6.45) is 0.110. The first-order chi connectivity index (χ1) is 14.5. The number of methoxy groups -OCH3 is 1. The number of carbonyl (C=O) groups excluding carboxylic acids is 3. The molecule has 2 atom stereocenters. The predicted molar refractivity (Wildman–Crippen MR) is 107 cm³/mol. The summed E-state index contributed by atoms with van der Waals surface area (Å²) in [6, 6.07) is 14.0. The average Bonchev–Trinajstić information content (AvgIpc) is 3.39. The van der Waals surface area contributed by atoms with Crippen LogP contribution < -0.4 is 19.7 Å². The Morgan fingerprint density at radius 2 is 1.93 bits per heavy atom. The van der Waals surface area contributed by atoms with Gasteiger partial charge in [0, 0.05) is 24.7 Å². The fourth-order valence-corrected chi connectivity index (χ4v) is 3.66. The zero-order chi connectivity index (χ0) is 21.1. The van der Waals surface area contributed by atoms with E-state index >= 15 is 0 Å². The smallest absolute Gasteiger partial charge is 0.307 e. The molecule has 0 unspecified atom stereocenters. The molecule has 2 heterocycles. The number of nitrogens with one attached hydrogen (secondary N) is 1. The molecule has 1 saturated heterocycles. The number of benzene rings is 2. The first kappa shape index (κ1) is 19.8. The summed E-state index contributed by atoms with van der Waals surface area (Å²) < 4.78 is 15.4. The van der Waals surface area contributed by atoms with Gasteiger partial charge in [-0.1, -0.05) is 30.3 Å². The highest BCUT2D eigenvalue weighted by atomic mass is 16.7. The number of hydrogen-bond donors (Lipinski definition) is 1. The first-order valence-electron chi connectivity index (χ1n) is 9.67. The van der Waals surface area contributed by atoms with Gasteiger partial charge in [-0.2, -0.15) is 0 Å². The number of fused-ring (bicyclic) bond motifs is 1. The zero-order valence-electron chi connectivity index (χ0n) is 16.5. The maximum Gasteiger partial charge on any atom is 0.307 e. The standard InChI is InChI=1S/C22H22N2O6/c1-28-21(26)11-17(14-5-3-2-4-6-14)23-22(27)15-9-20(25)24(12-15)16-7-8-18-19(10-16)30-13-29-18/h2-8,10,15,17H,9,11-13H2,1H3,(H,23,27)/t15-,17+/m1/s1. The normalized spacial score (nSPS) is 18.2. The van der Waals surface area contributed by atoms with Crippen molar-refractivity contribution in [3.8, 4) is 11.5 Å². The van der Waals surface area contributed by atoms with E-state index < -0.39 is 17.9 Å². The summed E-state index contributed by atoms with van der Waals surface area (Å²) >= 11 is 0. The van der Waals surface area contributed by atoms with Crippen molar-refractivity contribution in [2.24, 2.45) is 5.92 Å². The van der Waals surface area contributed by atoms with Crippen LogP contribution in [0.25, 0.3) is 0 Å². The molecule has 0 radical (unpaired) electrons. The number of nitrogens with zero attached hydrogens (tertiary/aromatic N) is 1. The minimum absolute atomic E-state index is 0.0127. The molecule has 0 aromatic heterocycles. The van der Waals surface area contributed by atoms with Crippen LogP contribution in [-0.4, -0.2) is 38.2 Å². The van der Waals surface area contributed by atoms with E-state index in [-0.39, 0.29) is 38.0 Å². The lowest BCUT2D eigenvalue weighted by molar-refractivity contribution is -0.141. The van der Waals surface area contributed by atoms with Crippen molar-refractivity contribution < 1.29 is 28.6 Å². The second-order valence-electron chi connectivity index (χ2n) is 7.20. The summed E-state index contributed by atoms with van der Waals surface area (Å²) in [5, 5.41) is 2.91. The van der Waals surface area contributed by atoms with Gasteiger partial charge >= 0.3 is 5.97 Å². The fourth-order valence-electron chi connectivity index (χ4n) is 3.66. The third kappa shape index (κ3) is 4.07. The van der Waals surface area contributed by atoms with Crippen molar-refractivity contribution in [3.05, 3.63) is 54.1 Å². The van der Waals surface area contributed by atoms with Crippen LogP contribution in [0.15, 0.2) is 48.5 Å². The summed E-state index contributed by atoms with van der Waals surface area (Å²) in [5.74, 6) is -0.147. The topological polar surface area (TPSA) is 94.2 Å². The summed E-state index contributed by atoms with van der Waals surface area (Å²) in [7, 11) is 1.31.